The minimum Gasteiger partial charge on any atom is -0.168 e. The zero-order chi connectivity index (χ0) is 6.10. The van der Waals surface area contributed by atoms with Gasteiger partial charge in [-0.15, -0.1) is 29.7 Å². The van der Waals surface area contributed by atoms with Gasteiger partial charge in [-0.1, -0.05) is 6.07 Å². The van der Waals surface area contributed by atoms with E-state index in [4.69, 9.17) is 0 Å². The molecular formula is C9H7Zn-. The summed E-state index contributed by atoms with van der Waals surface area (Å²) in [5.74, 6) is 0. The fourth-order valence-corrected chi connectivity index (χ4v) is 1.07. The molecule has 0 aromatic heterocycles. The minimum atomic E-state index is 0. The third-order valence-electron chi connectivity index (χ3n) is 1.55. The second-order valence-corrected chi connectivity index (χ2v) is 2.15. The number of hydrogen-bond donors (Lipinski definition) is 0. The van der Waals surface area contributed by atoms with Crippen molar-refractivity contribution in [3.63, 3.8) is 0 Å². The van der Waals surface area contributed by atoms with Crippen LogP contribution >= 0.6 is 0 Å². The third-order valence-corrected chi connectivity index (χ3v) is 1.55. The molecule has 1 heteroatoms. The summed E-state index contributed by atoms with van der Waals surface area (Å²) in [4.78, 5) is 0. The van der Waals surface area contributed by atoms with Crippen LogP contribution in [-0.2, 0) is 19.5 Å². The third kappa shape index (κ3) is 1.15. The average molecular weight is 181 g/mol. The molecule has 46 valence electrons. The van der Waals surface area contributed by atoms with Crippen LogP contribution in [0.4, 0.5) is 0 Å². The summed E-state index contributed by atoms with van der Waals surface area (Å²) in [6.45, 7) is 0. The fraction of sp³-hybridized carbons (Fsp3) is 0. The van der Waals surface area contributed by atoms with Crippen LogP contribution in [-0.4, -0.2) is 0 Å². The summed E-state index contributed by atoms with van der Waals surface area (Å²) >= 11 is 0. The van der Waals surface area contributed by atoms with Crippen molar-refractivity contribution in [3.05, 3.63) is 42.5 Å². The molecule has 0 radical (unpaired) electrons. The van der Waals surface area contributed by atoms with Gasteiger partial charge in [0.1, 0.15) is 0 Å². The molecule has 2 aromatic carbocycles. The second kappa shape index (κ2) is 3.03. The number of benzene rings is 1. The number of rotatable bonds is 0. The van der Waals surface area contributed by atoms with Crippen LogP contribution in [0.3, 0.4) is 0 Å². The zero-order valence-corrected chi connectivity index (χ0v) is 8.72. The van der Waals surface area contributed by atoms with Gasteiger partial charge in [0.15, 0.2) is 0 Å². The first-order valence-electron chi connectivity index (χ1n) is 3.07. The molecule has 0 saturated heterocycles. The second-order valence-electron chi connectivity index (χ2n) is 2.15. The van der Waals surface area contributed by atoms with Crippen LogP contribution in [0.1, 0.15) is 0 Å². The van der Waals surface area contributed by atoms with Gasteiger partial charge in [-0.2, -0.15) is 17.5 Å². The van der Waals surface area contributed by atoms with Gasteiger partial charge in [-0.3, -0.25) is 0 Å². The Labute approximate surface area is 73.0 Å². The Bertz CT molecular complexity index is 279. The molecule has 0 aliphatic heterocycles. The van der Waals surface area contributed by atoms with Crippen LogP contribution in [0.5, 0.6) is 0 Å². The molecule has 0 heterocycles. The van der Waals surface area contributed by atoms with Gasteiger partial charge in [-0.25, -0.2) is 0 Å². The van der Waals surface area contributed by atoms with Crippen molar-refractivity contribution in [3.8, 4) is 0 Å². The first-order chi connectivity index (χ1) is 4.47. The van der Waals surface area contributed by atoms with Gasteiger partial charge >= 0.3 is 0 Å². The Morgan fingerprint density at radius 1 is 1.00 bits per heavy atom. The topological polar surface area (TPSA) is 0 Å². The first-order valence-corrected chi connectivity index (χ1v) is 3.07. The van der Waals surface area contributed by atoms with E-state index in [0.717, 1.165) is 0 Å². The first kappa shape index (κ1) is 7.56. The standard InChI is InChI=1S/C9H7.Zn/c1-2-5-9-7-3-6-8(9)4-1;/h1-7H;/q-1;. The zero-order valence-electron chi connectivity index (χ0n) is 5.75. The monoisotopic (exact) mass is 179 g/mol. The van der Waals surface area contributed by atoms with E-state index in [1.54, 1.807) is 0 Å². The summed E-state index contributed by atoms with van der Waals surface area (Å²) < 4.78 is 0. The summed E-state index contributed by atoms with van der Waals surface area (Å²) in [5.41, 5.74) is 0. The van der Waals surface area contributed by atoms with Crippen LogP contribution in [0.15, 0.2) is 42.5 Å². The van der Waals surface area contributed by atoms with E-state index in [-0.39, 0.29) is 19.5 Å². The van der Waals surface area contributed by atoms with E-state index in [1.807, 2.05) is 0 Å². The van der Waals surface area contributed by atoms with Crippen LogP contribution in [0, 0.1) is 0 Å². The van der Waals surface area contributed by atoms with Crippen molar-refractivity contribution >= 4 is 10.8 Å². The Balaban J connectivity index is 0.000000500. The van der Waals surface area contributed by atoms with Crippen LogP contribution in [0.25, 0.3) is 10.8 Å². The van der Waals surface area contributed by atoms with E-state index in [1.165, 1.54) is 10.8 Å². The summed E-state index contributed by atoms with van der Waals surface area (Å²) in [5, 5.41) is 2.66. The quantitative estimate of drug-likeness (QED) is 0.432. The van der Waals surface area contributed by atoms with Gasteiger partial charge in [0.05, 0.1) is 0 Å². The van der Waals surface area contributed by atoms with Crippen molar-refractivity contribution in [2.75, 3.05) is 0 Å². The minimum absolute atomic E-state index is 0. The molecule has 2 rings (SSSR count). The molecule has 0 N–H and O–H groups in total. The molecule has 0 bridgehead atoms. The van der Waals surface area contributed by atoms with Crippen molar-refractivity contribution < 1.29 is 19.5 Å². The van der Waals surface area contributed by atoms with E-state index >= 15 is 0 Å². The smallest absolute Gasteiger partial charge is 0 e. The average Bonchev–Trinajstić information content (AvgIpc) is 2.33. The molecule has 10 heavy (non-hydrogen) atoms. The van der Waals surface area contributed by atoms with E-state index < -0.39 is 0 Å². The van der Waals surface area contributed by atoms with Crippen LogP contribution in [0.2, 0.25) is 0 Å². The van der Waals surface area contributed by atoms with Gasteiger partial charge in [0.2, 0.25) is 0 Å². The van der Waals surface area contributed by atoms with Gasteiger partial charge < -0.3 is 0 Å². The Morgan fingerprint density at radius 2 is 1.80 bits per heavy atom. The molecular weight excluding hydrogens is 173 g/mol. The summed E-state index contributed by atoms with van der Waals surface area (Å²) in [6.07, 6.45) is 0. The molecule has 0 fully saturated rings. The predicted molar refractivity (Wildman–Crippen MR) is 39.5 cm³/mol. The van der Waals surface area contributed by atoms with E-state index in [0.29, 0.717) is 0 Å². The molecule has 0 nitrogen and oxygen atoms in total. The molecule has 2 aromatic rings. The molecule has 0 amide bonds. The van der Waals surface area contributed by atoms with Crippen molar-refractivity contribution in [1.82, 2.24) is 0 Å². The number of hydrogen-bond acceptors (Lipinski definition) is 0. The summed E-state index contributed by atoms with van der Waals surface area (Å²) in [6, 6.07) is 14.7. The molecule has 0 atom stereocenters. The van der Waals surface area contributed by atoms with Crippen molar-refractivity contribution in [2.24, 2.45) is 0 Å². The molecule has 0 spiro atoms. The molecule has 0 saturated carbocycles. The van der Waals surface area contributed by atoms with E-state index in [9.17, 15) is 0 Å². The van der Waals surface area contributed by atoms with E-state index in [2.05, 4.69) is 42.5 Å². The number of fused-ring (bicyclic) bond motifs is 1. The van der Waals surface area contributed by atoms with Crippen LogP contribution < -0.4 is 0 Å². The maximum Gasteiger partial charge on any atom is 0 e. The molecule has 0 aliphatic carbocycles. The largest absolute Gasteiger partial charge is 0.168 e. The SMILES string of the molecule is [Zn].c1ccc2[cH-]ccc2c1. The van der Waals surface area contributed by atoms with Crippen molar-refractivity contribution in [2.45, 2.75) is 0 Å². The maximum atomic E-state index is 2.12. The normalized spacial score (nSPS) is 9.20. The molecule has 0 aliphatic rings. The van der Waals surface area contributed by atoms with Gasteiger partial charge in [-0.05, 0) is 0 Å². The molecule has 0 unspecified atom stereocenters. The Morgan fingerprint density at radius 3 is 2.60 bits per heavy atom. The maximum absolute atomic E-state index is 2.12. The fourth-order valence-electron chi connectivity index (χ4n) is 1.07. The summed E-state index contributed by atoms with van der Waals surface area (Å²) in [7, 11) is 0. The van der Waals surface area contributed by atoms with Crippen molar-refractivity contribution in [1.29, 1.82) is 0 Å². The Hall–Kier alpha value is -0.547. The Kier molecular flexibility index (Phi) is 2.29. The van der Waals surface area contributed by atoms with Gasteiger partial charge in [0.25, 0.3) is 0 Å². The van der Waals surface area contributed by atoms with Gasteiger partial charge in [0, 0.05) is 19.5 Å². The predicted octanol–water partition coefficient (Wildman–Crippen LogP) is 2.56.